The molecule has 9 nitrogen and oxygen atoms in total. The lowest BCUT2D eigenvalue weighted by molar-refractivity contribution is -0.125. The molecule has 5 rings (SSSR count). The molecule has 1 saturated heterocycles. The SMILES string of the molecule is CCC(=O)Cc1ccc2oc([C@]3(CN4Cc5ccc(OC)cc5C4=O)NC(=O)NC3=O)cc2c1. The van der Waals surface area contributed by atoms with E-state index >= 15 is 0 Å². The maximum absolute atomic E-state index is 13.1. The molecule has 2 aliphatic rings. The fourth-order valence-corrected chi connectivity index (χ4v) is 4.50. The molecule has 9 heteroatoms. The number of hydrogen-bond donors (Lipinski definition) is 2. The second kappa shape index (κ2) is 8.02. The van der Waals surface area contributed by atoms with E-state index < -0.39 is 17.5 Å². The lowest BCUT2D eigenvalue weighted by Crippen LogP contribution is -2.52. The number of carbonyl (C=O) groups excluding carboxylic acids is 4. The van der Waals surface area contributed by atoms with Crippen molar-refractivity contribution < 1.29 is 28.3 Å². The number of ketones is 1. The third-order valence-electron chi connectivity index (χ3n) is 6.36. The molecular weight excluding hydrogens is 438 g/mol. The zero-order valence-corrected chi connectivity index (χ0v) is 18.8. The maximum atomic E-state index is 13.1. The van der Waals surface area contributed by atoms with Crippen LogP contribution in [0.4, 0.5) is 4.79 Å². The standard InChI is InChI=1S/C25H23N3O6/c1-3-17(29)9-14-4-7-20-16(8-14)10-21(34-20)25(23(31)26-24(32)27-25)13-28-12-15-5-6-18(33-2)11-19(15)22(28)30/h4-8,10-11H,3,9,12-13H2,1-2H3,(H2,26,27,31,32)/t25-/m0/s1. The maximum Gasteiger partial charge on any atom is 0.322 e. The summed E-state index contributed by atoms with van der Waals surface area (Å²) >= 11 is 0. The quantitative estimate of drug-likeness (QED) is 0.523. The van der Waals surface area contributed by atoms with Gasteiger partial charge in [0.15, 0.2) is 5.54 Å². The molecule has 3 aromatic rings. The molecule has 1 aromatic heterocycles. The number of amides is 4. The van der Waals surface area contributed by atoms with E-state index in [1.54, 1.807) is 30.3 Å². The summed E-state index contributed by atoms with van der Waals surface area (Å²) in [6, 6.07) is 11.6. The lowest BCUT2D eigenvalue weighted by Gasteiger charge is -2.29. The van der Waals surface area contributed by atoms with Crippen LogP contribution in [0.1, 0.15) is 40.6 Å². The number of nitrogens with one attached hydrogen (secondary N) is 2. The van der Waals surface area contributed by atoms with Crippen LogP contribution in [0.15, 0.2) is 46.9 Å². The van der Waals surface area contributed by atoms with Gasteiger partial charge in [0.2, 0.25) is 0 Å². The van der Waals surface area contributed by atoms with Crippen molar-refractivity contribution in [1.82, 2.24) is 15.5 Å². The summed E-state index contributed by atoms with van der Waals surface area (Å²) in [5.41, 5.74) is 1.06. The minimum absolute atomic E-state index is 0.110. The van der Waals surface area contributed by atoms with Crippen LogP contribution in [0.25, 0.3) is 11.0 Å². The van der Waals surface area contributed by atoms with Gasteiger partial charge in [0.05, 0.1) is 13.7 Å². The Balaban J connectivity index is 1.50. The summed E-state index contributed by atoms with van der Waals surface area (Å²) in [5, 5.41) is 5.65. The number of nitrogens with zero attached hydrogens (tertiary/aromatic N) is 1. The van der Waals surface area contributed by atoms with E-state index in [1.165, 1.54) is 12.0 Å². The van der Waals surface area contributed by atoms with Gasteiger partial charge in [-0.05, 0) is 41.5 Å². The molecule has 0 radical (unpaired) electrons. The van der Waals surface area contributed by atoms with Gasteiger partial charge in [0.1, 0.15) is 22.9 Å². The van der Waals surface area contributed by atoms with E-state index in [0.717, 1.165) is 11.1 Å². The molecule has 2 aromatic carbocycles. The summed E-state index contributed by atoms with van der Waals surface area (Å²) in [5.74, 6) is 0.0278. The first-order chi connectivity index (χ1) is 16.3. The van der Waals surface area contributed by atoms with Crippen molar-refractivity contribution in [3.8, 4) is 5.75 Å². The van der Waals surface area contributed by atoms with Gasteiger partial charge in [-0.2, -0.15) is 0 Å². The van der Waals surface area contributed by atoms with Gasteiger partial charge in [-0.1, -0.05) is 19.1 Å². The zero-order valence-electron chi connectivity index (χ0n) is 18.8. The summed E-state index contributed by atoms with van der Waals surface area (Å²) in [6.45, 7) is 1.99. The molecule has 4 amide bonds. The Kier molecular flexibility index (Phi) is 5.11. The molecule has 0 spiro atoms. The molecule has 0 unspecified atom stereocenters. The van der Waals surface area contributed by atoms with Crippen molar-refractivity contribution in [3.05, 3.63) is 64.9 Å². The number of rotatable bonds is 7. The Hall–Kier alpha value is -4.14. The highest BCUT2D eigenvalue weighted by Gasteiger charge is 2.53. The Labute approximate surface area is 195 Å². The molecular formula is C25H23N3O6. The molecule has 34 heavy (non-hydrogen) atoms. The predicted molar refractivity (Wildman–Crippen MR) is 121 cm³/mol. The summed E-state index contributed by atoms with van der Waals surface area (Å²) in [6.07, 6.45) is 0.751. The second-order valence-electron chi connectivity index (χ2n) is 8.55. The lowest BCUT2D eigenvalue weighted by atomic mass is 9.95. The van der Waals surface area contributed by atoms with Crippen LogP contribution in [0.2, 0.25) is 0 Å². The van der Waals surface area contributed by atoms with Crippen molar-refractivity contribution in [2.75, 3.05) is 13.7 Å². The largest absolute Gasteiger partial charge is 0.497 e. The van der Waals surface area contributed by atoms with Crippen LogP contribution in [-0.4, -0.2) is 42.2 Å². The minimum Gasteiger partial charge on any atom is -0.497 e. The van der Waals surface area contributed by atoms with Crippen LogP contribution < -0.4 is 15.4 Å². The number of imide groups is 1. The third-order valence-corrected chi connectivity index (χ3v) is 6.36. The highest BCUT2D eigenvalue weighted by Crippen LogP contribution is 2.35. The van der Waals surface area contributed by atoms with Crippen molar-refractivity contribution in [2.24, 2.45) is 0 Å². The topological polar surface area (TPSA) is 118 Å². The first kappa shape index (κ1) is 21.7. The first-order valence-electron chi connectivity index (χ1n) is 11.0. The van der Waals surface area contributed by atoms with Crippen molar-refractivity contribution in [1.29, 1.82) is 0 Å². The van der Waals surface area contributed by atoms with Gasteiger partial charge in [0, 0.05) is 30.3 Å². The normalized spacial score (nSPS) is 19.4. The Morgan fingerprint density at radius 2 is 1.97 bits per heavy atom. The molecule has 0 aliphatic carbocycles. The average molecular weight is 461 g/mol. The van der Waals surface area contributed by atoms with E-state index in [0.29, 0.717) is 35.1 Å². The summed E-state index contributed by atoms with van der Waals surface area (Å²) in [4.78, 5) is 51.7. The van der Waals surface area contributed by atoms with Crippen LogP contribution in [0.5, 0.6) is 5.75 Å². The van der Waals surface area contributed by atoms with E-state index in [2.05, 4.69) is 10.6 Å². The summed E-state index contributed by atoms with van der Waals surface area (Å²) < 4.78 is 11.2. The molecule has 1 fully saturated rings. The molecule has 2 aliphatic heterocycles. The Bertz CT molecular complexity index is 1360. The summed E-state index contributed by atoms with van der Waals surface area (Å²) in [7, 11) is 1.53. The molecule has 0 bridgehead atoms. The second-order valence-corrected chi connectivity index (χ2v) is 8.55. The smallest absolute Gasteiger partial charge is 0.322 e. The molecule has 3 heterocycles. The van der Waals surface area contributed by atoms with Gasteiger partial charge < -0.3 is 19.4 Å². The minimum atomic E-state index is -1.59. The van der Waals surface area contributed by atoms with Gasteiger partial charge in [-0.15, -0.1) is 0 Å². The van der Waals surface area contributed by atoms with E-state index in [9.17, 15) is 19.2 Å². The van der Waals surface area contributed by atoms with Crippen molar-refractivity contribution >= 4 is 34.6 Å². The van der Waals surface area contributed by atoms with Crippen molar-refractivity contribution in [2.45, 2.75) is 31.8 Å². The fraction of sp³-hybridized carbons (Fsp3) is 0.280. The number of urea groups is 1. The number of fused-ring (bicyclic) bond motifs is 2. The van der Waals surface area contributed by atoms with E-state index in [1.807, 2.05) is 19.1 Å². The van der Waals surface area contributed by atoms with Gasteiger partial charge >= 0.3 is 6.03 Å². The highest BCUT2D eigenvalue weighted by molar-refractivity contribution is 6.08. The number of furan rings is 1. The molecule has 1 atom stereocenters. The van der Waals surface area contributed by atoms with E-state index in [-0.39, 0.29) is 30.5 Å². The van der Waals surface area contributed by atoms with Crippen LogP contribution in [0, 0.1) is 0 Å². The predicted octanol–water partition coefficient (Wildman–Crippen LogP) is 2.65. The number of Topliss-reactive ketones (excluding diaryl/α,β-unsaturated/α-hetero) is 1. The molecule has 0 saturated carbocycles. The van der Waals surface area contributed by atoms with Crippen LogP contribution in [-0.2, 0) is 28.1 Å². The number of benzene rings is 2. The monoisotopic (exact) mass is 461 g/mol. The number of methoxy groups -OCH3 is 1. The highest BCUT2D eigenvalue weighted by atomic mass is 16.5. The van der Waals surface area contributed by atoms with Crippen LogP contribution in [0.3, 0.4) is 0 Å². The van der Waals surface area contributed by atoms with Crippen molar-refractivity contribution in [3.63, 3.8) is 0 Å². The Morgan fingerprint density at radius 1 is 1.15 bits per heavy atom. The first-order valence-corrected chi connectivity index (χ1v) is 11.0. The number of carbonyl (C=O) groups is 4. The fourth-order valence-electron chi connectivity index (χ4n) is 4.50. The third kappa shape index (κ3) is 3.49. The van der Waals surface area contributed by atoms with Crippen LogP contribution >= 0.6 is 0 Å². The molecule has 174 valence electrons. The van der Waals surface area contributed by atoms with Gasteiger partial charge in [-0.3, -0.25) is 19.7 Å². The molecule has 2 N–H and O–H groups in total. The van der Waals surface area contributed by atoms with E-state index in [4.69, 9.17) is 9.15 Å². The average Bonchev–Trinajstić information content (AvgIpc) is 3.47. The Morgan fingerprint density at radius 3 is 2.68 bits per heavy atom. The number of hydrogen-bond acceptors (Lipinski definition) is 6. The van der Waals surface area contributed by atoms with Gasteiger partial charge in [-0.25, -0.2) is 4.79 Å². The zero-order chi connectivity index (χ0) is 24.0. The van der Waals surface area contributed by atoms with Gasteiger partial charge in [0.25, 0.3) is 11.8 Å². The number of ether oxygens (including phenoxy) is 1.